The van der Waals surface area contributed by atoms with Crippen LogP contribution in [0.15, 0.2) is 83.8 Å². The van der Waals surface area contributed by atoms with E-state index in [2.05, 4.69) is 10.6 Å². The summed E-state index contributed by atoms with van der Waals surface area (Å²) in [6.07, 6.45) is 2.00. The Labute approximate surface area is 233 Å². The average molecular weight is 544 g/mol. The molecule has 9 heteroatoms. The van der Waals surface area contributed by atoms with Crippen LogP contribution in [0.25, 0.3) is 16.8 Å². The molecule has 0 fully saturated rings. The standard InChI is InChI=1S/C30H33N5O3S/c1-20(2)34(30(37)31-23-11-17-26(39-5)18-12-23)19-27(36)32-29-28(22-9-7-6-8-10-22)21(3)33-35(29)24-13-15-25(38-4)16-14-24/h6-18,20H,19H2,1-5H3,(H,31,37)(H,32,36). The van der Waals surface area contributed by atoms with Crippen LogP contribution in [0.1, 0.15) is 19.5 Å². The zero-order chi connectivity index (χ0) is 27.9. The Morgan fingerprint density at radius 3 is 2.23 bits per heavy atom. The first-order valence-electron chi connectivity index (χ1n) is 12.6. The molecule has 3 amide bonds. The van der Waals surface area contributed by atoms with Gasteiger partial charge in [-0.3, -0.25) is 4.79 Å². The molecule has 0 unspecified atom stereocenters. The van der Waals surface area contributed by atoms with E-state index in [0.717, 1.165) is 33.2 Å². The number of amides is 3. The predicted octanol–water partition coefficient (Wildman–Crippen LogP) is 6.46. The number of carbonyl (C=O) groups excluding carboxylic acids is 2. The zero-order valence-corrected chi connectivity index (χ0v) is 23.6. The molecule has 1 aromatic heterocycles. The number of urea groups is 1. The summed E-state index contributed by atoms with van der Waals surface area (Å²) in [4.78, 5) is 29.2. The minimum atomic E-state index is -0.347. The lowest BCUT2D eigenvalue weighted by atomic mass is 10.1. The molecule has 0 atom stereocenters. The van der Waals surface area contributed by atoms with E-state index in [0.29, 0.717) is 11.5 Å². The Hall–Kier alpha value is -4.24. The van der Waals surface area contributed by atoms with E-state index >= 15 is 0 Å². The third-order valence-electron chi connectivity index (χ3n) is 6.24. The van der Waals surface area contributed by atoms with E-state index in [1.807, 2.05) is 106 Å². The quantitative estimate of drug-likeness (QED) is 0.237. The topological polar surface area (TPSA) is 88.5 Å². The van der Waals surface area contributed by atoms with E-state index in [-0.39, 0.29) is 24.5 Å². The van der Waals surface area contributed by atoms with Crippen molar-refractivity contribution < 1.29 is 14.3 Å². The van der Waals surface area contributed by atoms with Gasteiger partial charge in [0.15, 0.2) is 0 Å². The van der Waals surface area contributed by atoms with E-state index < -0.39 is 0 Å². The molecule has 0 aliphatic rings. The maximum Gasteiger partial charge on any atom is 0.322 e. The van der Waals surface area contributed by atoms with Crippen LogP contribution in [0.4, 0.5) is 16.3 Å². The van der Waals surface area contributed by atoms with E-state index in [1.165, 1.54) is 4.90 Å². The van der Waals surface area contributed by atoms with Gasteiger partial charge in [-0.05, 0) is 81.1 Å². The zero-order valence-electron chi connectivity index (χ0n) is 22.8. The van der Waals surface area contributed by atoms with Crippen molar-refractivity contribution in [3.63, 3.8) is 0 Å². The number of hydrogen-bond donors (Lipinski definition) is 2. The van der Waals surface area contributed by atoms with Gasteiger partial charge in [-0.25, -0.2) is 9.48 Å². The Kier molecular flexibility index (Phi) is 8.93. The number of nitrogens with one attached hydrogen (secondary N) is 2. The molecule has 39 heavy (non-hydrogen) atoms. The largest absolute Gasteiger partial charge is 0.497 e. The monoisotopic (exact) mass is 543 g/mol. The highest BCUT2D eigenvalue weighted by Gasteiger charge is 2.24. The second-order valence-corrected chi connectivity index (χ2v) is 10.1. The number of rotatable bonds is 9. The molecule has 4 aromatic rings. The number of carbonyl (C=O) groups is 2. The maximum atomic E-state index is 13.4. The molecule has 4 rings (SSSR count). The lowest BCUT2D eigenvalue weighted by Gasteiger charge is -2.26. The number of benzene rings is 3. The van der Waals surface area contributed by atoms with Gasteiger partial charge < -0.3 is 20.3 Å². The first-order chi connectivity index (χ1) is 18.8. The van der Waals surface area contributed by atoms with Crippen molar-refractivity contribution in [3.8, 4) is 22.6 Å². The van der Waals surface area contributed by atoms with Crippen LogP contribution in [0.2, 0.25) is 0 Å². The van der Waals surface area contributed by atoms with Crippen molar-refractivity contribution in [2.45, 2.75) is 31.7 Å². The molecule has 8 nitrogen and oxygen atoms in total. The molecule has 1 heterocycles. The second-order valence-electron chi connectivity index (χ2n) is 9.21. The molecule has 0 saturated carbocycles. The molecule has 2 N–H and O–H groups in total. The number of aromatic nitrogens is 2. The first-order valence-corrected chi connectivity index (χ1v) is 13.8. The number of hydrogen-bond acceptors (Lipinski definition) is 5. The van der Waals surface area contributed by atoms with E-state index in [9.17, 15) is 9.59 Å². The van der Waals surface area contributed by atoms with Crippen molar-refractivity contribution >= 4 is 35.2 Å². The van der Waals surface area contributed by atoms with Gasteiger partial charge in [0.2, 0.25) is 5.91 Å². The minimum Gasteiger partial charge on any atom is -0.497 e. The summed E-state index contributed by atoms with van der Waals surface area (Å²) in [5.41, 5.74) is 3.94. The molecule has 0 aliphatic carbocycles. The van der Waals surface area contributed by atoms with Crippen molar-refractivity contribution in [2.24, 2.45) is 0 Å². The molecular weight excluding hydrogens is 510 g/mol. The van der Waals surface area contributed by atoms with Crippen LogP contribution in [-0.2, 0) is 4.79 Å². The summed E-state index contributed by atoms with van der Waals surface area (Å²) in [6, 6.07) is 24.3. The molecule has 3 aromatic carbocycles. The molecule has 202 valence electrons. The summed E-state index contributed by atoms with van der Waals surface area (Å²) in [5.74, 6) is 0.923. The van der Waals surface area contributed by atoms with Gasteiger partial charge in [0.25, 0.3) is 0 Å². The van der Waals surface area contributed by atoms with Gasteiger partial charge in [-0.1, -0.05) is 30.3 Å². The molecular formula is C30H33N5O3S. The molecule has 0 radical (unpaired) electrons. The molecule has 0 bridgehead atoms. The number of ether oxygens (including phenoxy) is 1. The summed E-state index contributed by atoms with van der Waals surface area (Å²) >= 11 is 1.63. The van der Waals surface area contributed by atoms with Gasteiger partial charge in [-0.2, -0.15) is 5.10 Å². The van der Waals surface area contributed by atoms with E-state index in [4.69, 9.17) is 9.84 Å². The fourth-order valence-corrected chi connectivity index (χ4v) is 4.60. The SMILES string of the molecule is COc1ccc(-n2nc(C)c(-c3ccccc3)c2NC(=O)CN(C(=O)Nc2ccc(SC)cc2)C(C)C)cc1. The van der Waals surface area contributed by atoms with Crippen molar-refractivity contribution in [1.29, 1.82) is 0 Å². The normalized spacial score (nSPS) is 10.8. The Morgan fingerprint density at radius 2 is 1.64 bits per heavy atom. The lowest BCUT2D eigenvalue weighted by Crippen LogP contribution is -2.44. The summed E-state index contributed by atoms with van der Waals surface area (Å²) in [6.45, 7) is 5.54. The minimum absolute atomic E-state index is 0.131. The van der Waals surface area contributed by atoms with E-state index in [1.54, 1.807) is 23.6 Å². The van der Waals surface area contributed by atoms with Crippen molar-refractivity contribution in [1.82, 2.24) is 14.7 Å². The van der Waals surface area contributed by atoms with Crippen LogP contribution in [0, 0.1) is 6.92 Å². The molecule has 0 spiro atoms. The van der Waals surface area contributed by atoms with Crippen LogP contribution < -0.4 is 15.4 Å². The third-order valence-corrected chi connectivity index (χ3v) is 6.98. The highest BCUT2D eigenvalue weighted by molar-refractivity contribution is 7.98. The number of anilines is 2. The Bertz CT molecular complexity index is 1420. The smallest absolute Gasteiger partial charge is 0.322 e. The Morgan fingerprint density at radius 1 is 0.974 bits per heavy atom. The predicted molar refractivity (Wildman–Crippen MR) is 158 cm³/mol. The highest BCUT2D eigenvalue weighted by Crippen LogP contribution is 2.33. The number of aryl methyl sites for hydroxylation is 1. The van der Waals surface area contributed by atoms with Crippen molar-refractivity contribution in [3.05, 3.63) is 84.6 Å². The fourth-order valence-electron chi connectivity index (χ4n) is 4.19. The second kappa shape index (κ2) is 12.5. The van der Waals surface area contributed by atoms with Crippen LogP contribution in [0.3, 0.4) is 0 Å². The maximum absolute atomic E-state index is 13.4. The Balaban J connectivity index is 1.61. The fraction of sp³-hybridized carbons (Fsp3) is 0.233. The van der Waals surface area contributed by atoms with Gasteiger partial charge in [0.1, 0.15) is 18.1 Å². The average Bonchev–Trinajstić information content (AvgIpc) is 3.27. The first kappa shape index (κ1) is 27.8. The molecule has 0 saturated heterocycles. The van der Waals surface area contributed by atoms with Gasteiger partial charge in [0.05, 0.1) is 18.5 Å². The molecule has 0 aliphatic heterocycles. The van der Waals surface area contributed by atoms with Crippen LogP contribution in [0.5, 0.6) is 5.75 Å². The van der Waals surface area contributed by atoms with Gasteiger partial charge >= 0.3 is 6.03 Å². The van der Waals surface area contributed by atoms with Gasteiger partial charge in [0, 0.05) is 22.2 Å². The summed E-state index contributed by atoms with van der Waals surface area (Å²) in [7, 11) is 1.61. The van der Waals surface area contributed by atoms with Crippen LogP contribution in [-0.4, -0.2) is 52.6 Å². The van der Waals surface area contributed by atoms with Crippen LogP contribution >= 0.6 is 11.8 Å². The summed E-state index contributed by atoms with van der Waals surface area (Å²) in [5, 5.41) is 10.7. The number of thioether (sulfide) groups is 1. The van der Waals surface area contributed by atoms with Gasteiger partial charge in [-0.15, -0.1) is 11.8 Å². The third kappa shape index (κ3) is 6.61. The highest BCUT2D eigenvalue weighted by atomic mass is 32.2. The number of nitrogens with zero attached hydrogens (tertiary/aromatic N) is 3. The summed E-state index contributed by atoms with van der Waals surface area (Å²) < 4.78 is 7.01. The number of methoxy groups -OCH3 is 1. The lowest BCUT2D eigenvalue weighted by molar-refractivity contribution is -0.117. The van der Waals surface area contributed by atoms with Crippen molar-refractivity contribution in [2.75, 3.05) is 30.5 Å².